The molecule has 1 aliphatic rings. The first-order valence-electron chi connectivity index (χ1n) is 9.58. The fourth-order valence-corrected chi connectivity index (χ4v) is 3.49. The summed E-state index contributed by atoms with van der Waals surface area (Å²) in [6.07, 6.45) is 1.71. The van der Waals surface area contributed by atoms with Crippen molar-refractivity contribution in [1.82, 2.24) is 10.4 Å². The molecular weight excluding hydrogens is 390 g/mol. The minimum Gasteiger partial charge on any atom is -0.496 e. The molecule has 3 aromatic rings. The lowest BCUT2D eigenvalue weighted by Crippen LogP contribution is -2.42. The number of anilines is 1. The van der Waals surface area contributed by atoms with Crippen LogP contribution < -0.4 is 15.3 Å². The predicted molar refractivity (Wildman–Crippen MR) is 114 cm³/mol. The zero-order chi connectivity index (χ0) is 21.8. The molecule has 31 heavy (non-hydrogen) atoms. The number of nitriles is 2. The number of rotatable bonds is 5. The van der Waals surface area contributed by atoms with Crippen LogP contribution in [0.2, 0.25) is 0 Å². The van der Waals surface area contributed by atoms with Crippen LogP contribution in [-0.2, 0) is 5.66 Å². The molecule has 0 aliphatic carbocycles. The van der Waals surface area contributed by atoms with Crippen LogP contribution in [0.25, 0.3) is 0 Å². The number of aromatic nitrogens is 1. The third-order valence-corrected chi connectivity index (χ3v) is 5.12. The van der Waals surface area contributed by atoms with Crippen LogP contribution in [-0.4, -0.2) is 12.1 Å². The van der Waals surface area contributed by atoms with E-state index in [0.717, 1.165) is 5.69 Å². The summed E-state index contributed by atoms with van der Waals surface area (Å²) in [4.78, 5) is 4.36. The number of pyridine rings is 1. The van der Waals surface area contributed by atoms with Crippen molar-refractivity contribution in [1.29, 1.82) is 10.5 Å². The third kappa shape index (κ3) is 3.68. The zero-order valence-electron chi connectivity index (χ0n) is 17.0. The molecule has 1 N–H and O–H groups in total. The van der Waals surface area contributed by atoms with Crippen molar-refractivity contribution < 1.29 is 4.74 Å². The van der Waals surface area contributed by atoms with E-state index in [9.17, 15) is 10.5 Å². The molecule has 0 spiro atoms. The van der Waals surface area contributed by atoms with Crippen LogP contribution >= 0.6 is 0 Å². The average molecular weight is 409 g/mol. The van der Waals surface area contributed by atoms with E-state index in [2.05, 4.69) is 32.9 Å². The fraction of sp³-hybridized carbons (Fsp3) is 0.174. The quantitative estimate of drug-likeness (QED) is 0.677. The standard InChI is InChI=1S/C23H19N7O/c1-23(22-9-5-6-12-26-22)27-29-30(28-23)17-10-11-19(21(13-17)31-2)20(15-25)18-8-4-3-7-16(18)14-24/h3-13,20,28H,1-2H3. The van der Waals surface area contributed by atoms with Crippen LogP contribution in [0.3, 0.4) is 0 Å². The van der Waals surface area contributed by atoms with Gasteiger partial charge in [-0.25, -0.2) is 0 Å². The number of hydrazine groups is 1. The van der Waals surface area contributed by atoms with E-state index in [-0.39, 0.29) is 0 Å². The van der Waals surface area contributed by atoms with Crippen LogP contribution in [0.4, 0.5) is 5.69 Å². The number of nitrogens with zero attached hydrogens (tertiary/aromatic N) is 6. The van der Waals surface area contributed by atoms with Gasteiger partial charge in [-0.05, 0) is 36.8 Å². The van der Waals surface area contributed by atoms with Gasteiger partial charge in [0.25, 0.3) is 0 Å². The predicted octanol–water partition coefficient (Wildman–Crippen LogP) is 4.18. The molecule has 1 aromatic heterocycles. The highest BCUT2D eigenvalue weighted by atomic mass is 16.5. The number of nitrogens with one attached hydrogen (secondary N) is 1. The summed E-state index contributed by atoms with van der Waals surface area (Å²) in [7, 11) is 1.55. The largest absolute Gasteiger partial charge is 0.496 e. The molecule has 2 atom stereocenters. The topological polar surface area (TPSA) is 110 Å². The molecule has 0 fully saturated rings. The van der Waals surface area contributed by atoms with E-state index in [4.69, 9.17) is 4.74 Å². The summed E-state index contributed by atoms with van der Waals surface area (Å²) in [6.45, 7) is 1.88. The Hall–Kier alpha value is -4.27. The molecule has 1 aliphatic heterocycles. The summed E-state index contributed by atoms with van der Waals surface area (Å²) in [6, 6.07) is 22.6. The molecule has 8 nitrogen and oxygen atoms in total. The van der Waals surface area contributed by atoms with Crippen LogP contribution in [0.15, 0.2) is 77.2 Å². The molecule has 0 saturated heterocycles. The third-order valence-electron chi connectivity index (χ3n) is 5.12. The van der Waals surface area contributed by atoms with Gasteiger partial charge >= 0.3 is 0 Å². The van der Waals surface area contributed by atoms with Gasteiger partial charge in [-0.3, -0.25) is 4.98 Å². The van der Waals surface area contributed by atoms with E-state index >= 15 is 0 Å². The Balaban J connectivity index is 1.66. The summed E-state index contributed by atoms with van der Waals surface area (Å²) in [5, 5.41) is 29.4. The monoisotopic (exact) mass is 409 g/mol. The second kappa shape index (κ2) is 8.23. The van der Waals surface area contributed by atoms with Crippen LogP contribution in [0, 0.1) is 22.7 Å². The van der Waals surface area contributed by atoms with Gasteiger partial charge in [0.2, 0.25) is 0 Å². The first-order valence-corrected chi connectivity index (χ1v) is 9.58. The minimum atomic E-state index is -0.798. The van der Waals surface area contributed by atoms with Crippen molar-refractivity contribution in [3.63, 3.8) is 0 Å². The van der Waals surface area contributed by atoms with Crippen molar-refractivity contribution in [2.45, 2.75) is 18.5 Å². The molecule has 152 valence electrons. The molecule has 4 rings (SSSR count). The van der Waals surface area contributed by atoms with Gasteiger partial charge in [-0.2, -0.15) is 21.1 Å². The zero-order valence-corrected chi connectivity index (χ0v) is 17.0. The lowest BCUT2D eigenvalue weighted by atomic mass is 9.89. The number of benzene rings is 2. The molecule has 0 amide bonds. The SMILES string of the molecule is COc1cc(N2N=NC(C)(c3ccccn3)N2)ccc1C(C#N)c1ccccc1C#N. The maximum Gasteiger partial charge on any atom is 0.191 e. The van der Waals surface area contributed by atoms with Crippen molar-refractivity contribution in [3.8, 4) is 17.9 Å². The molecule has 2 unspecified atom stereocenters. The van der Waals surface area contributed by atoms with Crippen LogP contribution in [0.1, 0.15) is 35.2 Å². The highest BCUT2D eigenvalue weighted by Gasteiger charge is 2.35. The second-order valence-electron chi connectivity index (χ2n) is 7.09. The molecule has 2 heterocycles. The Morgan fingerprint density at radius 2 is 1.87 bits per heavy atom. The summed E-state index contributed by atoms with van der Waals surface area (Å²) in [5.41, 5.74) is 5.63. The molecule has 2 aromatic carbocycles. The highest BCUT2D eigenvalue weighted by Crippen LogP contribution is 2.37. The summed E-state index contributed by atoms with van der Waals surface area (Å²) < 4.78 is 5.59. The van der Waals surface area contributed by atoms with E-state index in [1.54, 1.807) is 42.7 Å². The molecule has 0 saturated carbocycles. The number of methoxy groups -OCH3 is 1. The van der Waals surface area contributed by atoms with Gasteiger partial charge in [-0.1, -0.05) is 35.6 Å². The number of ether oxygens (including phenoxy) is 1. The maximum absolute atomic E-state index is 9.87. The normalized spacial score (nSPS) is 18.3. The first-order chi connectivity index (χ1) is 15.1. The van der Waals surface area contributed by atoms with E-state index in [1.807, 2.05) is 43.3 Å². The van der Waals surface area contributed by atoms with Gasteiger partial charge in [-0.15, -0.1) is 5.11 Å². The number of hydrogen-bond acceptors (Lipinski definition) is 8. The minimum absolute atomic E-state index is 0.460. The van der Waals surface area contributed by atoms with Crippen molar-refractivity contribution >= 4 is 5.69 Å². The summed E-state index contributed by atoms with van der Waals surface area (Å²) >= 11 is 0. The van der Waals surface area contributed by atoms with Gasteiger partial charge in [0.15, 0.2) is 5.66 Å². The smallest absolute Gasteiger partial charge is 0.191 e. The van der Waals surface area contributed by atoms with Gasteiger partial charge in [0.05, 0.1) is 36.2 Å². The Morgan fingerprint density at radius 3 is 2.58 bits per heavy atom. The Kier molecular flexibility index (Phi) is 5.31. The summed E-state index contributed by atoms with van der Waals surface area (Å²) in [5.74, 6) is -0.132. The van der Waals surface area contributed by atoms with E-state index in [0.29, 0.717) is 28.1 Å². The van der Waals surface area contributed by atoms with Crippen molar-refractivity contribution in [2.75, 3.05) is 12.2 Å². The van der Waals surface area contributed by atoms with Gasteiger partial charge in [0, 0.05) is 17.8 Å². The Bertz CT molecular complexity index is 1210. The molecule has 0 radical (unpaired) electrons. The molecular formula is C23H19N7O. The lowest BCUT2D eigenvalue weighted by Gasteiger charge is -2.23. The van der Waals surface area contributed by atoms with Crippen molar-refractivity contribution in [2.24, 2.45) is 10.3 Å². The second-order valence-corrected chi connectivity index (χ2v) is 7.09. The van der Waals surface area contributed by atoms with E-state index in [1.165, 1.54) is 0 Å². The maximum atomic E-state index is 9.87. The lowest BCUT2D eigenvalue weighted by molar-refractivity contribution is 0.404. The number of hydrogen-bond donors (Lipinski definition) is 1. The highest BCUT2D eigenvalue weighted by molar-refractivity contribution is 5.58. The van der Waals surface area contributed by atoms with Crippen LogP contribution in [0.5, 0.6) is 5.75 Å². The van der Waals surface area contributed by atoms with E-state index < -0.39 is 11.6 Å². The Morgan fingerprint density at radius 1 is 1.06 bits per heavy atom. The van der Waals surface area contributed by atoms with Gasteiger partial charge in [0.1, 0.15) is 11.7 Å². The first kappa shape index (κ1) is 20.0. The Labute approximate surface area is 180 Å². The molecule has 8 heteroatoms. The molecule has 0 bridgehead atoms. The average Bonchev–Trinajstić information content (AvgIpc) is 3.24. The fourth-order valence-electron chi connectivity index (χ4n) is 3.49. The van der Waals surface area contributed by atoms with Gasteiger partial charge < -0.3 is 4.74 Å². The van der Waals surface area contributed by atoms with Crippen molar-refractivity contribution in [3.05, 3.63) is 89.2 Å².